The first-order chi connectivity index (χ1) is 8.09. The lowest BCUT2D eigenvalue weighted by molar-refractivity contribution is -0.126. The SMILES string of the molecule is CC1SC(=O)C(CCc2ccccc2F)C1=O. The van der Waals surface area contributed by atoms with E-state index in [2.05, 4.69) is 0 Å². The maximum absolute atomic E-state index is 13.4. The van der Waals surface area contributed by atoms with E-state index < -0.39 is 5.92 Å². The topological polar surface area (TPSA) is 34.1 Å². The molecule has 2 nitrogen and oxygen atoms in total. The van der Waals surface area contributed by atoms with Gasteiger partial charge in [-0.15, -0.1) is 0 Å². The van der Waals surface area contributed by atoms with Crippen LogP contribution in [0.3, 0.4) is 0 Å². The lowest BCUT2D eigenvalue weighted by Crippen LogP contribution is -2.19. The summed E-state index contributed by atoms with van der Waals surface area (Å²) in [6, 6.07) is 6.47. The van der Waals surface area contributed by atoms with Crippen LogP contribution < -0.4 is 0 Å². The first kappa shape index (κ1) is 12.3. The third kappa shape index (κ3) is 2.57. The molecule has 17 heavy (non-hydrogen) atoms. The van der Waals surface area contributed by atoms with E-state index in [4.69, 9.17) is 0 Å². The molecule has 0 N–H and O–H groups in total. The molecule has 0 spiro atoms. The summed E-state index contributed by atoms with van der Waals surface area (Å²) in [5.74, 6) is -0.836. The van der Waals surface area contributed by atoms with Gasteiger partial charge < -0.3 is 0 Å². The van der Waals surface area contributed by atoms with Crippen molar-refractivity contribution in [3.8, 4) is 0 Å². The van der Waals surface area contributed by atoms with Crippen LogP contribution in [-0.2, 0) is 16.0 Å². The Morgan fingerprint density at radius 2 is 2.00 bits per heavy atom. The summed E-state index contributed by atoms with van der Waals surface area (Å²) in [6.07, 6.45) is 0.845. The summed E-state index contributed by atoms with van der Waals surface area (Å²) in [7, 11) is 0. The fourth-order valence-electron chi connectivity index (χ4n) is 1.98. The van der Waals surface area contributed by atoms with Crippen molar-refractivity contribution in [3.63, 3.8) is 0 Å². The summed E-state index contributed by atoms with van der Waals surface area (Å²) in [5.41, 5.74) is 0.567. The summed E-state index contributed by atoms with van der Waals surface area (Å²) >= 11 is 1.09. The van der Waals surface area contributed by atoms with Gasteiger partial charge in [-0.25, -0.2) is 4.39 Å². The van der Waals surface area contributed by atoms with E-state index in [0.29, 0.717) is 18.4 Å². The van der Waals surface area contributed by atoms with Crippen LogP contribution in [0.25, 0.3) is 0 Å². The van der Waals surface area contributed by atoms with Gasteiger partial charge in [0, 0.05) is 0 Å². The average Bonchev–Trinajstić information content (AvgIpc) is 2.53. The zero-order chi connectivity index (χ0) is 12.4. The highest BCUT2D eigenvalue weighted by atomic mass is 32.2. The number of Topliss-reactive ketones (excluding diaryl/α,β-unsaturated/α-hetero) is 1. The molecule has 1 aromatic rings. The van der Waals surface area contributed by atoms with E-state index in [9.17, 15) is 14.0 Å². The van der Waals surface area contributed by atoms with E-state index in [1.54, 1.807) is 25.1 Å². The first-order valence-corrected chi connectivity index (χ1v) is 6.45. The van der Waals surface area contributed by atoms with E-state index >= 15 is 0 Å². The van der Waals surface area contributed by atoms with Gasteiger partial charge in [0.25, 0.3) is 0 Å². The number of halogens is 1. The van der Waals surface area contributed by atoms with Crippen LogP contribution in [0.15, 0.2) is 24.3 Å². The van der Waals surface area contributed by atoms with Crippen LogP contribution >= 0.6 is 11.8 Å². The largest absolute Gasteiger partial charge is 0.298 e. The fourth-order valence-corrected chi connectivity index (χ4v) is 3.00. The number of thioether (sulfide) groups is 1. The van der Waals surface area contributed by atoms with E-state index in [-0.39, 0.29) is 22.0 Å². The molecule has 1 aliphatic heterocycles. The molecule has 1 aliphatic rings. The second-order valence-electron chi connectivity index (χ2n) is 4.16. The molecule has 1 saturated heterocycles. The van der Waals surface area contributed by atoms with Crippen LogP contribution in [0.2, 0.25) is 0 Å². The minimum absolute atomic E-state index is 0.0173. The molecule has 1 aromatic carbocycles. The van der Waals surface area contributed by atoms with E-state index in [1.807, 2.05) is 0 Å². The van der Waals surface area contributed by atoms with Crippen LogP contribution in [0.4, 0.5) is 4.39 Å². The highest BCUT2D eigenvalue weighted by Gasteiger charge is 2.38. The Labute approximate surface area is 104 Å². The Hall–Kier alpha value is -1.16. The molecule has 2 atom stereocenters. The third-order valence-corrected chi connectivity index (χ3v) is 4.08. The van der Waals surface area contributed by atoms with Crippen molar-refractivity contribution in [2.45, 2.75) is 25.0 Å². The Morgan fingerprint density at radius 1 is 1.29 bits per heavy atom. The summed E-state index contributed by atoms with van der Waals surface area (Å²) in [5, 5.41) is -0.313. The van der Waals surface area contributed by atoms with Gasteiger partial charge in [-0.05, 0) is 31.4 Å². The third-order valence-electron chi connectivity index (χ3n) is 2.98. The molecule has 0 aliphatic carbocycles. The molecule has 0 amide bonds. The monoisotopic (exact) mass is 252 g/mol. The predicted molar refractivity (Wildman–Crippen MR) is 65.3 cm³/mol. The van der Waals surface area contributed by atoms with Crippen LogP contribution in [0, 0.1) is 11.7 Å². The van der Waals surface area contributed by atoms with Gasteiger partial charge in [-0.2, -0.15) is 0 Å². The number of aryl methyl sites for hydroxylation is 1. The van der Waals surface area contributed by atoms with Crippen molar-refractivity contribution < 1.29 is 14.0 Å². The van der Waals surface area contributed by atoms with Crippen LogP contribution in [-0.4, -0.2) is 16.1 Å². The van der Waals surface area contributed by atoms with Gasteiger partial charge in [-0.3, -0.25) is 9.59 Å². The number of rotatable bonds is 3. The Kier molecular flexibility index (Phi) is 3.62. The van der Waals surface area contributed by atoms with E-state index in [0.717, 1.165) is 11.8 Å². The van der Waals surface area contributed by atoms with Crippen molar-refractivity contribution in [2.75, 3.05) is 0 Å². The molecule has 2 rings (SSSR count). The number of benzene rings is 1. The second-order valence-corrected chi connectivity index (χ2v) is 5.51. The zero-order valence-electron chi connectivity index (χ0n) is 9.48. The smallest absolute Gasteiger partial charge is 0.200 e. The Morgan fingerprint density at radius 3 is 2.59 bits per heavy atom. The summed E-state index contributed by atoms with van der Waals surface area (Å²) in [6.45, 7) is 1.74. The van der Waals surface area contributed by atoms with Crippen molar-refractivity contribution in [3.05, 3.63) is 35.6 Å². The Balaban J connectivity index is 2.02. The molecule has 0 saturated carbocycles. The molecule has 1 fully saturated rings. The van der Waals surface area contributed by atoms with Gasteiger partial charge in [0.15, 0.2) is 10.9 Å². The lowest BCUT2D eigenvalue weighted by Gasteiger charge is -2.07. The maximum Gasteiger partial charge on any atom is 0.200 e. The molecular weight excluding hydrogens is 239 g/mol. The minimum Gasteiger partial charge on any atom is -0.298 e. The van der Waals surface area contributed by atoms with Gasteiger partial charge >= 0.3 is 0 Å². The number of carbonyl (C=O) groups excluding carboxylic acids is 2. The predicted octanol–water partition coefficient (Wildman–Crippen LogP) is 2.61. The van der Waals surface area contributed by atoms with Crippen molar-refractivity contribution in [1.82, 2.24) is 0 Å². The van der Waals surface area contributed by atoms with Crippen molar-refractivity contribution in [2.24, 2.45) is 5.92 Å². The highest BCUT2D eigenvalue weighted by Crippen LogP contribution is 2.32. The summed E-state index contributed by atoms with van der Waals surface area (Å²) < 4.78 is 13.4. The number of hydrogen-bond acceptors (Lipinski definition) is 3. The fraction of sp³-hybridized carbons (Fsp3) is 0.385. The summed E-state index contributed by atoms with van der Waals surface area (Å²) in [4.78, 5) is 23.2. The van der Waals surface area contributed by atoms with Gasteiger partial charge in [0.1, 0.15) is 5.82 Å². The molecular formula is C13H13FO2S. The molecule has 90 valence electrons. The van der Waals surface area contributed by atoms with Gasteiger partial charge in [0.05, 0.1) is 11.2 Å². The number of hydrogen-bond donors (Lipinski definition) is 0. The van der Waals surface area contributed by atoms with Crippen molar-refractivity contribution in [1.29, 1.82) is 0 Å². The lowest BCUT2D eigenvalue weighted by atomic mass is 9.95. The molecule has 1 heterocycles. The van der Waals surface area contributed by atoms with Crippen LogP contribution in [0.1, 0.15) is 18.9 Å². The molecule has 2 unspecified atom stereocenters. The van der Waals surface area contributed by atoms with Gasteiger partial charge in [0.2, 0.25) is 0 Å². The maximum atomic E-state index is 13.4. The van der Waals surface area contributed by atoms with Gasteiger partial charge in [-0.1, -0.05) is 30.0 Å². The molecule has 0 radical (unpaired) electrons. The van der Waals surface area contributed by atoms with Crippen molar-refractivity contribution >= 4 is 22.7 Å². The first-order valence-electron chi connectivity index (χ1n) is 5.57. The zero-order valence-corrected chi connectivity index (χ0v) is 10.3. The molecule has 4 heteroatoms. The number of carbonyl (C=O) groups is 2. The normalized spacial score (nSPS) is 24.4. The standard InChI is InChI=1S/C13H13FO2S/c1-8-12(15)10(13(16)17-8)7-6-9-4-2-3-5-11(9)14/h2-5,8,10H,6-7H2,1H3. The molecule has 0 aromatic heterocycles. The van der Waals surface area contributed by atoms with Crippen LogP contribution in [0.5, 0.6) is 0 Å². The molecule has 0 bridgehead atoms. The average molecular weight is 252 g/mol. The number of ketones is 1. The Bertz CT molecular complexity index is 458. The van der Waals surface area contributed by atoms with E-state index in [1.165, 1.54) is 6.07 Å². The highest BCUT2D eigenvalue weighted by molar-refractivity contribution is 8.15. The minimum atomic E-state index is -0.547. The quantitative estimate of drug-likeness (QED) is 0.775. The second kappa shape index (κ2) is 5.00.